The fraction of sp³-hybridized carbons (Fsp3) is 0.231. The molecule has 0 aliphatic rings. The summed E-state index contributed by atoms with van der Waals surface area (Å²) in [4.78, 5) is 7.86. The Hall–Kier alpha value is -1.81. The van der Waals surface area contributed by atoms with Crippen LogP contribution in [0.1, 0.15) is 11.1 Å². The van der Waals surface area contributed by atoms with Crippen molar-refractivity contribution in [3.8, 4) is 0 Å². The zero-order valence-corrected chi connectivity index (χ0v) is 10.9. The summed E-state index contributed by atoms with van der Waals surface area (Å²) in [6.45, 7) is 2.83. The fourth-order valence-corrected chi connectivity index (χ4v) is 1.84. The maximum absolute atomic E-state index is 5.81. The maximum atomic E-state index is 5.81. The lowest BCUT2D eigenvalue weighted by Gasteiger charge is -2.08. The maximum Gasteiger partial charge on any atom is 0.157 e. The number of benzene rings is 1. The molecule has 0 bridgehead atoms. The molecule has 0 unspecified atom stereocenters. The number of anilines is 2. The van der Waals surface area contributed by atoms with Crippen LogP contribution in [0.3, 0.4) is 0 Å². The Bertz CT molecular complexity index is 542. The lowest BCUT2D eigenvalue weighted by molar-refractivity contribution is 0.998. The van der Waals surface area contributed by atoms with Gasteiger partial charge in [-0.05, 0) is 18.9 Å². The van der Waals surface area contributed by atoms with E-state index < -0.39 is 0 Å². The van der Waals surface area contributed by atoms with Crippen LogP contribution in [0.15, 0.2) is 30.6 Å². The van der Waals surface area contributed by atoms with Crippen molar-refractivity contribution in [2.75, 3.05) is 17.6 Å². The molecule has 0 aliphatic heterocycles. The predicted octanol–water partition coefficient (Wildman–Crippen LogP) is 2.68. The molecular weight excluding hydrogens is 248 g/mol. The molecule has 5 heteroatoms. The number of nitrogens with one attached hydrogen (secondary N) is 1. The first-order valence-corrected chi connectivity index (χ1v) is 6.10. The van der Waals surface area contributed by atoms with Crippen molar-refractivity contribution in [2.45, 2.75) is 13.3 Å². The van der Waals surface area contributed by atoms with E-state index in [9.17, 15) is 0 Å². The van der Waals surface area contributed by atoms with Gasteiger partial charge in [0, 0.05) is 6.54 Å². The molecule has 0 amide bonds. The van der Waals surface area contributed by atoms with E-state index in [1.54, 1.807) is 0 Å². The van der Waals surface area contributed by atoms with Gasteiger partial charge < -0.3 is 11.1 Å². The van der Waals surface area contributed by atoms with Gasteiger partial charge in [-0.1, -0.05) is 41.4 Å². The highest BCUT2D eigenvalue weighted by Gasteiger charge is 2.04. The van der Waals surface area contributed by atoms with E-state index in [-0.39, 0.29) is 5.15 Å². The number of aromatic nitrogens is 2. The summed E-state index contributed by atoms with van der Waals surface area (Å²) in [5.41, 5.74) is 8.70. The molecule has 18 heavy (non-hydrogen) atoms. The molecule has 0 fully saturated rings. The Labute approximate surface area is 111 Å². The van der Waals surface area contributed by atoms with E-state index in [2.05, 4.69) is 46.5 Å². The summed E-state index contributed by atoms with van der Waals surface area (Å²) in [7, 11) is 0. The fourth-order valence-electron chi connectivity index (χ4n) is 1.71. The number of nitrogens with two attached hydrogens (primary N) is 1. The number of hydrogen-bond donors (Lipinski definition) is 2. The van der Waals surface area contributed by atoms with Crippen molar-refractivity contribution in [2.24, 2.45) is 0 Å². The third-order valence-electron chi connectivity index (χ3n) is 2.62. The Morgan fingerprint density at radius 2 is 2.17 bits per heavy atom. The number of aryl methyl sites for hydroxylation is 1. The monoisotopic (exact) mass is 262 g/mol. The highest BCUT2D eigenvalue weighted by molar-refractivity contribution is 6.32. The Morgan fingerprint density at radius 1 is 1.33 bits per heavy atom. The minimum atomic E-state index is 0.281. The molecule has 0 spiro atoms. The molecule has 3 N–H and O–H groups in total. The SMILES string of the molecule is Cc1cccc(CCNc2ncnc(Cl)c2N)c1. The molecule has 1 aromatic heterocycles. The van der Waals surface area contributed by atoms with Crippen molar-refractivity contribution in [1.29, 1.82) is 0 Å². The van der Waals surface area contributed by atoms with Crippen molar-refractivity contribution in [1.82, 2.24) is 9.97 Å². The number of nitrogens with zero attached hydrogens (tertiary/aromatic N) is 2. The second-order valence-electron chi connectivity index (χ2n) is 4.09. The summed E-state index contributed by atoms with van der Waals surface area (Å²) in [5, 5.41) is 3.44. The number of nitrogen functional groups attached to an aromatic ring is 1. The predicted molar refractivity (Wildman–Crippen MR) is 74.8 cm³/mol. The molecule has 0 radical (unpaired) electrons. The van der Waals surface area contributed by atoms with Crippen molar-refractivity contribution in [3.63, 3.8) is 0 Å². The molecule has 2 aromatic rings. The van der Waals surface area contributed by atoms with Gasteiger partial charge in [-0.3, -0.25) is 0 Å². The van der Waals surface area contributed by atoms with Gasteiger partial charge in [0.2, 0.25) is 0 Å². The van der Waals surface area contributed by atoms with E-state index >= 15 is 0 Å². The van der Waals surface area contributed by atoms with Crippen molar-refractivity contribution >= 4 is 23.1 Å². The van der Waals surface area contributed by atoms with Gasteiger partial charge in [-0.15, -0.1) is 0 Å². The van der Waals surface area contributed by atoms with Crippen LogP contribution >= 0.6 is 11.6 Å². The van der Waals surface area contributed by atoms with Crippen LogP contribution in [0.5, 0.6) is 0 Å². The molecule has 0 saturated carbocycles. The van der Waals surface area contributed by atoms with Crippen LogP contribution in [0, 0.1) is 6.92 Å². The normalized spacial score (nSPS) is 10.3. The van der Waals surface area contributed by atoms with Gasteiger partial charge in [0.15, 0.2) is 11.0 Å². The molecular formula is C13H15ClN4. The molecule has 1 heterocycles. The molecule has 1 aromatic carbocycles. The first kappa shape index (κ1) is 12.6. The van der Waals surface area contributed by atoms with E-state index in [0.29, 0.717) is 11.5 Å². The van der Waals surface area contributed by atoms with Crippen LogP contribution in [0.4, 0.5) is 11.5 Å². The zero-order valence-electron chi connectivity index (χ0n) is 10.2. The molecule has 0 saturated heterocycles. The summed E-state index contributed by atoms with van der Waals surface area (Å²) < 4.78 is 0. The van der Waals surface area contributed by atoms with Gasteiger partial charge in [0.25, 0.3) is 0 Å². The second kappa shape index (κ2) is 5.69. The number of halogens is 1. The van der Waals surface area contributed by atoms with Gasteiger partial charge in [0.1, 0.15) is 12.0 Å². The quantitative estimate of drug-likeness (QED) is 0.832. The van der Waals surface area contributed by atoms with Crippen molar-refractivity contribution < 1.29 is 0 Å². The van der Waals surface area contributed by atoms with Gasteiger partial charge >= 0.3 is 0 Å². The van der Waals surface area contributed by atoms with Crippen LogP contribution in [0.2, 0.25) is 5.15 Å². The van der Waals surface area contributed by atoms with E-state index in [4.69, 9.17) is 17.3 Å². The Kier molecular flexibility index (Phi) is 3.99. The van der Waals surface area contributed by atoms with E-state index in [1.165, 1.54) is 17.5 Å². The lowest BCUT2D eigenvalue weighted by Crippen LogP contribution is -2.09. The highest BCUT2D eigenvalue weighted by atomic mass is 35.5. The summed E-state index contributed by atoms with van der Waals surface area (Å²) >= 11 is 5.81. The average Bonchev–Trinajstić information content (AvgIpc) is 2.35. The zero-order chi connectivity index (χ0) is 13.0. The largest absolute Gasteiger partial charge is 0.393 e. The smallest absolute Gasteiger partial charge is 0.157 e. The molecule has 0 atom stereocenters. The molecule has 2 rings (SSSR count). The third-order valence-corrected chi connectivity index (χ3v) is 2.93. The molecule has 0 aliphatic carbocycles. The number of hydrogen-bond acceptors (Lipinski definition) is 4. The van der Waals surface area contributed by atoms with Crippen LogP contribution in [-0.4, -0.2) is 16.5 Å². The average molecular weight is 263 g/mol. The highest BCUT2D eigenvalue weighted by Crippen LogP contribution is 2.21. The van der Waals surface area contributed by atoms with Gasteiger partial charge in [-0.2, -0.15) is 0 Å². The van der Waals surface area contributed by atoms with E-state index in [0.717, 1.165) is 13.0 Å². The minimum Gasteiger partial charge on any atom is -0.393 e. The summed E-state index contributed by atoms with van der Waals surface area (Å²) in [6, 6.07) is 8.41. The van der Waals surface area contributed by atoms with E-state index in [1.807, 2.05) is 0 Å². The van der Waals surface area contributed by atoms with Crippen LogP contribution in [0.25, 0.3) is 0 Å². The summed E-state index contributed by atoms with van der Waals surface area (Å²) in [6.07, 6.45) is 2.30. The Balaban J connectivity index is 1.94. The van der Waals surface area contributed by atoms with Gasteiger partial charge in [0.05, 0.1) is 0 Å². The molecule has 94 valence electrons. The minimum absolute atomic E-state index is 0.281. The van der Waals surface area contributed by atoms with Crippen molar-refractivity contribution in [3.05, 3.63) is 46.9 Å². The standard InChI is InChI=1S/C13H15ClN4/c1-9-3-2-4-10(7-9)5-6-16-13-11(15)12(14)17-8-18-13/h2-4,7-8H,5-6,15H2,1H3,(H,16,17,18). The first-order valence-electron chi connectivity index (χ1n) is 5.72. The first-order chi connectivity index (χ1) is 8.66. The lowest BCUT2D eigenvalue weighted by atomic mass is 10.1. The molecule has 4 nitrogen and oxygen atoms in total. The topological polar surface area (TPSA) is 63.8 Å². The second-order valence-corrected chi connectivity index (χ2v) is 4.45. The Morgan fingerprint density at radius 3 is 2.94 bits per heavy atom. The van der Waals surface area contributed by atoms with Crippen LogP contribution in [-0.2, 0) is 6.42 Å². The summed E-state index contributed by atoms with van der Waals surface area (Å²) in [5.74, 6) is 0.586. The number of rotatable bonds is 4. The van der Waals surface area contributed by atoms with Crippen LogP contribution < -0.4 is 11.1 Å². The third kappa shape index (κ3) is 3.11. The van der Waals surface area contributed by atoms with Gasteiger partial charge in [-0.25, -0.2) is 9.97 Å².